The number of hydrazone groups is 1. The summed E-state index contributed by atoms with van der Waals surface area (Å²) in [6, 6.07) is 13.2. The lowest BCUT2D eigenvalue weighted by atomic mass is 10.2. The summed E-state index contributed by atoms with van der Waals surface area (Å²) in [7, 11) is 0. The maximum Gasteiger partial charge on any atom is 0.259 e. The largest absolute Gasteiger partial charge is 0.376 e. The Hall–Kier alpha value is -2.40. The molecule has 0 radical (unpaired) electrons. The number of nitrogens with zero attached hydrogens (tertiary/aromatic N) is 1. The Balaban J connectivity index is 1.81. The molecule has 108 valence electrons. The summed E-state index contributed by atoms with van der Waals surface area (Å²) in [6.45, 7) is 0.0367. The lowest BCUT2D eigenvalue weighted by Gasteiger charge is -2.05. The number of anilines is 1. The number of hydrogen-bond donors (Lipinski definition) is 2. The number of benzene rings is 2. The molecule has 2 aromatic rings. The average Bonchev–Trinajstić information content (AvgIpc) is 2.47. The molecule has 0 aliphatic carbocycles. The summed E-state index contributed by atoms with van der Waals surface area (Å²) in [5.74, 6) is -0.741. The molecule has 0 atom stereocenters. The Labute approximate surface area is 126 Å². The number of rotatable bonds is 5. The van der Waals surface area contributed by atoms with Crippen LogP contribution in [0.15, 0.2) is 53.6 Å². The van der Waals surface area contributed by atoms with Crippen molar-refractivity contribution in [2.45, 2.75) is 0 Å². The van der Waals surface area contributed by atoms with Gasteiger partial charge in [0.2, 0.25) is 0 Å². The number of carbonyl (C=O) groups is 1. The van der Waals surface area contributed by atoms with Crippen LogP contribution >= 0.6 is 11.6 Å². The van der Waals surface area contributed by atoms with Gasteiger partial charge >= 0.3 is 0 Å². The van der Waals surface area contributed by atoms with Crippen LogP contribution in [-0.4, -0.2) is 18.7 Å². The highest BCUT2D eigenvalue weighted by molar-refractivity contribution is 6.30. The number of amides is 1. The first-order valence-corrected chi connectivity index (χ1v) is 6.59. The number of halogens is 2. The summed E-state index contributed by atoms with van der Waals surface area (Å²) >= 11 is 5.83. The van der Waals surface area contributed by atoms with Gasteiger partial charge in [-0.1, -0.05) is 35.9 Å². The first-order valence-electron chi connectivity index (χ1n) is 6.21. The molecule has 21 heavy (non-hydrogen) atoms. The van der Waals surface area contributed by atoms with Gasteiger partial charge in [0.05, 0.1) is 12.8 Å². The minimum atomic E-state index is -0.396. The molecule has 2 aromatic carbocycles. The fraction of sp³-hybridized carbons (Fsp3) is 0.0667. The maximum absolute atomic E-state index is 13.3. The smallest absolute Gasteiger partial charge is 0.259 e. The van der Waals surface area contributed by atoms with Crippen molar-refractivity contribution in [2.75, 3.05) is 11.9 Å². The molecule has 0 aliphatic heterocycles. The predicted molar refractivity (Wildman–Crippen MR) is 82.1 cm³/mol. The SMILES string of the molecule is O=C(CNc1cccc(Cl)c1)NN=Cc1ccccc1F. The van der Waals surface area contributed by atoms with Gasteiger partial charge in [-0.2, -0.15) is 5.10 Å². The number of carbonyl (C=O) groups excluding carboxylic acids is 1. The Morgan fingerprint density at radius 1 is 1.24 bits per heavy atom. The fourth-order valence-electron chi connectivity index (χ4n) is 1.57. The van der Waals surface area contributed by atoms with E-state index in [1.807, 2.05) is 0 Å². The molecule has 0 saturated carbocycles. The summed E-state index contributed by atoms with van der Waals surface area (Å²) in [5.41, 5.74) is 3.35. The Kier molecular flexibility index (Phi) is 5.29. The summed E-state index contributed by atoms with van der Waals surface area (Å²) < 4.78 is 13.3. The average molecular weight is 306 g/mol. The van der Waals surface area contributed by atoms with Gasteiger partial charge in [0, 0.05) is 16.3 Å². The molecular formula is C15H13ClFN3O. The molecular weight excluding hydrogens is 293 g/mol. The Morgan fingerprint density at radius 2 is 2.05 bits per heavy atom. The molecule has 0 spiro atoms. The van der Waals surface area contributed by atoms with E-state index in [1.54, 1.807) is 42.5 Å². The number of nitrogens with one attached hydrogen (secondary N) is 2. The highest BCUT2D eigenvalue weighted by atomic mass is 35.5. The van der Waals surface area contributed by atoms with Crippen molar-refractivity contribution in [1.82, 2.24) is 5.43 Å². The second-order valence-corrected chi connectivity index (χ2v) is 4.62. The fourth-order valence-corrected chi connectivity index (χ4v) is 1.76. The van der Waals surface area contributed by atoms with Gasteiger partial charge in [0.1, 0.15) is 5.82 Å². The molecule has 1 amide bonds. The van der Waals surface area contributed by atoms with Crippen molar-refractivity contribution in [3.05, 3.63) is 64.9 Å². The molecule has 0 fully saturated rings. The van der Waals surface area contributed by atoms with E-state index in [4.69, 9.17) is 11.6 Å². The zero-order chi connectivity index (χ0) is 15.1. The molecule has 0 heterocycles. The Morgan fingerprint density at radius 3 is 2.81 bits per heavy atom. The molecule has 0 saturated heterocycles. The van der Waals surface area contributed by atoms with Crippen molar-refractivity contribution < 1.29 is 9.18 Å². The predicted octanol–water partition coefficient (Wildman–Crippen LogP) is 3.04. The minimum Gasteiger partial charge on any atom is -0.376 e. The molecule has 4 nitrogen and oxygen atoms in total. The molecule has 0 aromatic heterocycles. The van der Waals surface area contributed by atoms with Crippen molar-refractivity contribution in [3.63, 3.8) is 0 Å². The second kappa shape index (κ2) is 7.40. The molecule has 0 unspecified atom stereocenters. The van der Waals surface area contributed by atoms with E-state index >= 15 is 0 Å². The van der Waals surface area contributed by atoms with Crippen molar-refractivity contribution >= 4 is 29.4 Å². The van der Waals surface area contributed by atoms with E-state index in [1.165, 1.54) is 12.3 Å². The number of hydrogen-bond acceptors (Lipinski definition) is 3. The van der Waals surface area contributed by atoms with Gasteiger partial charge in [0.15, 0.2) is 0 Å². The molecule has 0 aliphatic rings. The molecule has 6 heteroatoms. The van der Waals surface area contributed by atoms with E-state index in [9.17, 15) is 9.18 Å². The lowest BCUT2D eigenvalue weighted by molar-refractivity contribution is -0.119. The van der Waals surface area contributed by atoms with E-state index < -0.39 is 5.82 Å². The highest BCUT2D eigenvalue weighted by Crippen LogP contribution is 2.14. The standard InChI is InChI=1S/C15H13ClFN3O/c16-12-5-3-6-13(8-12)18-10-15(21)20-19-9-11-4-1-2-7-14(11)17/h1-9,18H,10H2,(H,20,21). The van der Waals surface area contributed by atoms with Crippen LogP contribution in [0.3, 0.4) is 0 Å². The van der Waals surface area contributed by atoms with Crippen molar-refractivity contribution in [2.24, 2.45) is 5.10 Å². The van der Waals surface area contributed by atoms with Crippen LogP contribution in [-0.2, 0) is 4.79 Å². The van der Waals surface area contributed by atoms with E-state index in [0.29, 0.717) is 10.6 Å². The zero-order valence-electron chi connectivity index (χ0n) is 11.0. The highest BCUT2D eigenvalue weighted by Gasteiger charge is 2.00. The maximum atomic E-state index is 13.3. The third-order valence-corrected chi connectivity index (χ3v) is 2.81. The zero-order valence-corrected chi connectivity index (χ0v) is 11.8. The van der Waals surface area contributed by atoms with Crippen LogP contribution in [0.1, 0.15) is 5.56 Å². The monoisotopic (exact) mass is 305 g/mol. The van der Waals surface area contributed by atoms with Crippen LogP contribution in [0.4, 0.5) is 10.1 Å². The van der Waals surface area contributed by atoms with Gasteiger partial charge in [-0.15, -0.1) is 0 Å². The topological polar surface area (TPSA) is 53.5 Å². The van der Waals surface area contributed by atoms with Crippen LogP contribution in [0.25, 0.3) is 0 Å². The van der Waals surface area contributed by atoms with E-state index in [-0.39, 0.29) is 12.5 Å². The van der Waals surface area contributed by atoms with Gasteiger partial charge in [-0.05, 0) is 24.3 Å². The van der Waals surface area contributed by atoms with Gasteiger partial charge in [-0.25, -0.2) is 9.82 Å². The quantitative estimate of drug-likeness (QED) is 0.659. The van der Waals surface area contributed by atoms with Crippen LogP contribution < -0.4 is 10.7 Å². The molecule has 0 bridgehead atoms. The molecule has 2 rings (SSSR count). The van der Waals surface area contributed by atoms with Gasteiger partial charge in [-0.3, -0.25) is 4.79 Å². The summed E-state index contributed by atoms with van der Waals surface area (Å²) in [6.07, 6.45) is 1.26. The lowest BCUT2D eigenvalue weighted by Crippen LogP contribution is -2.25. The Bertz CT molecular complexity index is 661. The third-order valence-electron chi connectivity index (χ3n) is 2.58. The first-order chi connectivity index (χ1) is 10.1. The minimum absolute atomic E-state index is 0.0367. The van der Waals surface area contributed by atoms with Gasteiger partial charge < -0.3 is 5.32 Å². The van der Waals surface area contributed by atoms with Gasteiger partial charge in [0.25, 0.3) is 5.91 Å². The second-order valence-electron chi connectivity index (χ2n) is 4.18. The van der Waals surface area contributed by atoms with Crippen molar-refractivity contribution in [3.8, 4) is 0 Å². The normalized spacial score (nSPS) is 10.6. The third kappa shape index (κ3) is 4.89. The van der Waals surface area contributed by atoms with E-state index in [2.05, 4.69) is 15.8 Å². The van der Waals surface area contributed by atoms with Crippen LogP contribution in [0, 0.1) is 5.82 Å². The molecule has 2 N–H and O–H groups in total. The summed E-state index contributed by atoms with van der Waals surface area (Å²) in [4.78, 5) is 11.6. The first kappa shape index (κ1) is 15.0. The van der Waals surface area contributed by atoms with Crippen molar-refractivity contribution in [1.29, 1.82) is 0 Å². The van der Waals surface area contributed by atoms with E-state index in [0.717, 1.165) is 5.69 Å². The summed E-state index contributed by atoms with van der Waals surface area (Å²) in [5, 5.41) is 7.18. The van der Waals surface area contributed by atoms with Crippen LogP contribution in [0.5, 0.6) is 0 Å². The van der Waals surface area contributed by atoms with Crippen LogP contribution in [0.2, 0.25) is 5.02 Å².